The van der Waals surface area contributed by atoms with Gasteiger partial charge in [0.1, 0.15) is 0 Å². The van der Waals surface area contributed by atoms with Crippen molar-refractivity contribution in [2.24, 2.45) is 5.92 Å². The van der Waals surface area contributed by atoms with Crippen molar-refractivity contribution in [3.63, 3.8) is 0 Å². The monoisotopic (exact) mass is 316 g/mol. The Morgan fingerprint density at radius 3 is 2.08 bits per heavy atom. The topological polar surface area (TPSA) is 0 Å². The quantitative estimate of drug-likeness (QED) is 0.627. The molecule has 0 heterocycles. The summed E-state index contributed by atoms with van der Waals surface area (Å²) in [4.78, 5) is 0. The van der Waals surface area contributed by atoms with E-state index < -0.39 is 0 Å². The van der Waals surface area contributed by atoms with Gasteiger partial charge in [0.2, 0.25) is 6.71 Å². The molecule has 0 spiro atoms. The molecule has 0 amide bonds. The Morgan fingerprint density at radius 1 is 0.958 bits per heavy atom. The van der Waals surface area contributed by atoms with Crippen LogP contribution in [-0.2, 0) is 0 Å². The third-order valence-corrected chi connectivity index (χ3v) is 4.60. The van der Waals surface area contributed by atoms with E-state index in [4.69, 9.17) is 0 Å². The van der Waals surface area contributed by atoms with Crippen LogP contribution >= 0.6 is 0 Å². The lowest BCUT2D eigenvalue weighted by Gasteiger charge is -2.21. The summed E-state index contributed by atoms with van der Waals surface area (Å²) >= 11 is 0. The first-order valence-corrected chi connectivity index (χ1v) is 8.82. The largest absolute Gasteiger partial charge is 0.234 e. The molecule has 2 aromatic rings. The van der Waals surface area contributed by atoms with E-state index in [1.54, 1.807) is 0 Å². The second-order valence-corrected chi connectivity index (χ2v) is 7.26. The Hall–Kier alpha value is -2.02. The van der Waals surface area contributed by atoms with Gasteiger partial charge in [-0.15, -0.1) is 12.6 Å². The smallest absolute Gasteiger partial charge is 0.109 e. The lowest BCUT2D eigenvalue weighted by Crippen LogP contribution is -2.34. The van der Waals surface area contributed by atoms with E-state index in [0.29, 0.717) is 5.92 Å². The van der Waals surface area contributed by atoms with Crippen molar-refractivity contribution in [1.29, 1.82) is 0 Å². The van der Waals surface area contributed by atoms with Gasteiger partial charge in [-0.05, 0) is 44.7 Å². The molecule has 2 rings (SSSR count). The van der Waals surface area contributed by atoms with Gasteiger partial charge in [-0.3, -0.25) is 0 Å². The molecule has 0 atom stereocenters. The molecule has 0 radical (unpaired) electrons. The fraction of sp³-hybridized carbons (Fsp3) is 0.304. The van der Waals surface area contributed by atoms with Crippen molar-refractivity contribution < 1.29 is 0 Å². The summed E-state index contributed by atoms with van der Waals surface area (Å²) in [5.74, 6) is 2.87. The zero-order valence-electron chi connectivity index (χ0n) is 16.0. The van der Waals surface area contributed by atoms with Crippen LogP contribution in [0.15, 0.2) is 55.0 Å². The van der Waals surface area contributed by atoms with Crippen LogP contribution in [0.5, 0.6) is 0 Å². The van der Waals surface area contributed by atoms with Gasteiger partial charge >= 0.3 is 0 Å². The molecule has 124 valence electrons. The second-order valence-electron chi connectivity index (χ2n) is 7.26. The molecule has 0 aliphatic rings. The van der Waals surface area contributed by atoms with Crippen LogP contribution in [0.4, 0.5) is 0 Å². The normalized spacial score (nSPS) is 11.3. The van der Waals surface area contributed by atoms with Crippen molar-refractivity contribution in [2.45, 2.75) is 41.5 Å². The molecule has 0 aliphatic carbocycles. The predicted molar refractivity (Wildman–Crippen MR) is 110 cm³/mol. The summed E-state index contributed by atoms with van der Waals surface area (Å²) in [5.41, 5.74) is 9.14. The van der Waals surface area contributed by atoms with Crippen molar-refractivity contribution in [3.8, 4) is 0 Å². The van der Waals surface area contributed by atoms with Crippen LogP contribution in [-0.4, -0.2) is 6.71 Å². The first kappa shape index (κ1) is 18.3. The van der Waals surface area contributed by atoms with Gasteiger partial charge in [0.15, 0.2) is 0 Å². The molecule has 0 saturated carbocycles. The van der Waals surface area contributed by atoms with Gasteiger partial charge < -0.3 is 0 Å². The highest BCUT2D eigenvalue weighted by atomic mass is 14.1. The van der Waals surface area contributed by atoms with Gasteiger partial charge in [0.05, 0.1) is 0 Å². The zero-order valence-corrected chi connectivity index (χ0v) is 16.0. The molecule has 24 heavy (non-hydrogen) atoms. The first-order valence-electron chi connectivity index (χ1n) is 8.82. The van der Waals surface area contributed by atoms with Crippen molar-refractivity contribution in [3.05, 3.63) is 82.8 Å². The number of rotatable bonds is 5. The van der Waals surface area contributed by atoms with E-state index in [1.165, 1.54) is 38.8 Å². The third-order valence-electron chi connectivity index (χ3n) is 4.60. The van der Waals surface area contributed by atoms with Gasteiger partial charge in [0.25, 0.3) is 0 Å². The highest BCUT2D eigenvalue weighted by Crippen LogP contribution is 2.22. The fourth-order valence-electron chi connectivity index (χ4n) is 3.50. The molecule has 0 aliphatic heterocycles. The van der Waals surface area contributed by atoms with Crippen LogP contribution in [0.1, 0.15) is 41.7 Å². The Kier molecular flexibility index (Phi) is 5.88. The van der Waals surface area contributed by atoms with Crippen LogP contribution in [0.3, 0.4) is 0 Å². The summed E-state index contributed by atoms with van der Waals surface area (Å²) in [5, 5.41) is 0. The van der Waals surface area contributed by atoms with E-state index in [2.05, 4.69) is 96.6 Å². The van der Waals surface area contributed by atoms with E-state index in [1.807, 2.05) is 0 Å². The highest BCUT2D eigenvalue weighted by Gasteiger charge is 2.23. The molecule has 2 aromatic carbocycles. The summed E-state index contributed by atoms with van der Waals surface area (Å²) < 4.78 is 0. The number of benzene rings is 2. The molecule has 0 aromatic heterocycles. The minimum atomic E-state index is 0.217. The zero-order chi connectivity index (χ0) is 17.9. The lowest BCUT2D eigenvalue weighted by atomic mass is 9.37. The predicted octanol–water partition coefficient (Wildman–Crippen LogP) is 5.63. The molecule has 0 unspecified atom stereocenters. The van der Waals surface area contributed by atoms with E-state index >= 15 is 0 Å². The van der Waals surface area contributed by atoms with Crippen LogP contribution in [0.25, 0.3) is 5.47 Å². The Bertz CT molecular complexity index is 742. The lowest BCUT2D eigenvalue weighted by molar-refractivity contribution is 0.833. The van der Waals surface area contributed by atoms with E-state index in [0.717, 1.165) is 0 Å². The molecule has 0 bridgehead atoms. The number of aryl methyl sites for hydroxylation is 4. The maximum atomic E-state index is 4.49. The van der Waals surface area contributed by atoms with Gasteiger partial charge in [0, 0.05) is 0 Å². The Labute approximate surface area is 148 Å². The molecule has 0 saturated heterocycles. The molecule has 1 heteroatoms. The molecular weight excluding hydrogens is 287 g/mol. The second kappa shape index (κ2) is 7.70. The highest BCUT2D eigenvalue weighted by molar-refractivity contribution is 6.94. The van der Waals surface area contributed by atoms with Crippen LogP contribution in [0.2, 0.25) is 0 Å². The van der Waals surface area contributed by atoms with Crippen molar-refractivity contribution >= 4 is 17.6 Å². The number of hydrogen-bond donors (Lipinski definition) is 0. The Morgan fingerprint density at radius 2 is 1.54 bits per heavy atom. The van der Waals surface area contributed by atoms with E-state index in [9.17, 15) is 0 Å². The maximum Gasteiger partial charge on any atom is 0.234 e. The summed E-state index contributed by atoms with van der Waals surface area (Å²) in [7, 11) is 0. The molecular formula is C23H29B. The first-order chi connectivity index (χ1) is 11.3. The van der Waals surface area contributed by atoms with E-state index in [-0.39, 0.29) is 6.71 Å². The van der Waals surface area contributed by atoms with Crippen molar-refractivity contribution in [1.82, 2.24) is 0 Å². The molecule has 0 nitrogen and oxygen atoms in total. The van der Waals surface area contributed by atoms with Gasteiger partial charge in [-0.2, -0.15) is 0 Å². The summed E-state index contributed by atoms with van der Waals surface area (Å²) in [6, 6.07) is 13.1. The number of allylic oxidation sites excluding steroid dienone is 1. The SMILES string of the molecule is C=C(B(C=CC(C)C)c1c(C)cc(C)cc1C)c1ccccc1C. The summed E-state index contributed by atoms with van der Waals surface area (Å²) in [6.07, 6.45) is 2.30. The standard InChI is InChI=1S/C23H29B/c1-16(2)12-13-24(21(7)22-11-9-8-10-18(22)4)23-19(5)14-17(3)15-20(23)6/h8-16H,7H2,1-6H3. The average molecular weight is 316 g/mol. The summed E-state index contributed by atoms with van der Waals surface area (Å²) in [6.45, 7) is 17.9. The van der Waals surface area contributed by atoms with Gasteiger partial charge in [-0.1, -0.05) is 83.9 Å². The number of hydrogen-bond acceptors (Lipinski definition) is 0. The van der Waals surface area contributed by atoms with Gasteiger partial charge in [-0.25, -0.2) is 0 Å². The maximum absolute atomic E-state index is 4.49. The third kappa shape index (κ3) is 4.09. The van der Waals surface area contributed by atoms with Crippen molar-refractivity contribution in [2.75, 3.05) is 0 Å². The minimum Gasteiger partial charge on any atom is -0.109 e. The minimum absolute atomic E-state index is 0.217. The fourth-order valence-corrected chi connectivity index (χ4v) is 3.50. The van der Waals surface area contributed by atoms with Crippen LogP contribution < -0.4 is 5.46 Å². The average Bonchev–Trinajstić information content (AvgIpc) is 2.49. The Balaban J connectivity index is 2.58. The molecule has 0 fully saturated rings. The molecule has 0 N–H and O–H groups in total. The van der Waals surface area contributed by atoms with Crippen LogP contribution in [0, 0.1) is 33.6 Å².